The summed E-state index contributed by atoms with van der Waals surface area (Å²) >= 11 is 2.11. The fraction of sp³-hybridized carbons (Fsp3) is 1.00. The minimum absolute atomic E-state index is 0.705. The maximum atomic E-state index is 5.45. The van der Waals surface area contributed by atoms with Crippen LogP contribution in [0.2, 0.25) is 0 Å². The van der Waals surface area contributed by atoms with Crippen molar-refractivity contribution in [1.29, 1.82) is 0 Å². The normalized spacial score (nSPS) is 19.3. The standard InChI is InChI=1S/C15H31NOS/c1-4-7-16-15(12-18-11-13(2)3)10-14-5-8-17-9-6-14/h13-16H,4-12H2,1-3H3. The fourth-order valence-corrected chi connectivity index (χ4v) is 3.54. The van der Waals surface area contributed by atoms with E-state index in [1.807, 2.05) is 0 Å². The maximum Gasteiger partial charge on any atom is 0.0468 e. The smallest absolute Gasteiger partial charge is 0.0468 e. The van der Waals surface area contributed by atoms with Crippen LogP contribution in [0.15, 0.2) is 0 Å². The van der Waals surface area contributed by atoms with Gasteiger partial charge < -0.3 is 10.1 Å². The van der Waals surface area contributed by atoms with Gasteiger partial charge in [0.1, 0.15) is 0 Å². The van der Waals surface area contributed by atoms with Gasteiger partial charge in [-0.05, 0) is 49.8 Å². The summed E-state index contributed by atoms with van der Waals surface area (Å²) in [6.07, 6.45) is 5.10. The molecule has 1 unspecified atom stereocenters. The number of nitrogens with one attached hydrogen (secondary N) is 1. The molecule has 0 aliphatic carbocycles. The van der Waals surface area contributed by atoms with Crippen LogP contribution in [-0.4, -0.2) is 37.3 Å². The Bertz CT molecular complexity index is 193. The van der Waals surface area contributed by atoms with Gasteiger partial charge in [0.2, 0.25) is 0 Å². The van der Waals surface area contributed by atoms with Crippen LogP contribution in [0.3, 0.4) is 0 Å². The van der Waals surface area contributed by atoms with E-state index in [1.54, 1.807) is 0 Å². The first kappa shape index (κ1) is 16.3. The third kappa shape index (κ3) is 7.65. The third-order valence-electron chi connectivity index (χ3n) is 3.41. The van der Waals surface area contributed by atoms with E-state index in [1.165, 1.54) is 37.2 Å². The van der Waals surface area contributed by atoms with E-state index >= 15 is 0 Å². The topological polar surface area (TPSA) is 21.3 Å². The molecule has 1 fully saturated rings. The fourth-order valence-electron chi connectivity index (χ4n) is 2.39. The zero-order chi connectivity index (χ0) is 13.2. The highest BCUT2D eigenvalue weighted by Gasteiger charge is 2.19. The molecule has 1 rings (SSSR count). The molecule has 2 nitrogen and oxygen atoms in total. The number of thioether (sulfide) groups is 1. The van der Waals surface area contributed by atoms with Crippen molar-refractivity contribution in [3.63, 3.8) is 0 Å². The quantitative estimate of drug-likeness (QED) is 0.694. The summed E-state index contributed by atoms with van der Waals surface area (Å²) in [4.78, 5) is 0. The van der Waals surface area contributed by atoms with Crippen LogP contribution in [0.1, 0.15) is 46.5 Å². The molecule has 0 bridgehead atoms. The highest BCUT2D eigenvalue weighted by Crippen LogP contribution is 2.22. The van der Waals surface area contributed by atoms with Crippen LogP contribution in [0.4, 0.5) is 0 Å². The van der Waals surface area contributed by atoms with Crippen molar-refractivity contribution in [2.45, 2.75) is 52.5 Å². The van der Waals surface area contributed by atoms with Gasteiger partial charge >= 0.3 is 0 Å². The van der Waals surface area contributed by atoms with Gasteiger partial charge in [-0.3, -0.25) is 0 Å². The Morgan fingerprint density at radius 3 is 2.56 bits per heavy atom. The van der Waals surface area contributed by atoms with Crippen LogP contribution in [0, 0.1) is 11.8 Å². The predicted molar refractivity (Wildman–Crippen MR) is 82.4 cm³/mol. The Kier molecular flexibility index (Phi) is 9.16. The van der Waals surface area contributed by atoms with Gasteiger partial charge in [-0.25, -0.2) is 0 Å². The molecule has 0 amide bonds. The first-order valence-electron chi connectivity index (χ1n) is 7.61. The highest BCUT2D eigenvalue weighted by molar-refractivity contribution is 7.99. The summed E-state index contributed by atoms with van der Waals surface area (Å²) in [5.41, 5.74) is 0. The number of hydrogen-bond donors (Lipinski definition) is 1. The van der Waals surface area contributed by atoms with Crippen molar-refractivity contribution in [3.05, 3.63) is 0 Å². The van der Waals surface area contributed by atoms with Crippen molar-refractivity contribution in [3.8, 4) is 0 Å². The van der Waals surface area contributed by atoms with Gasteiger partial charge in [-0.15, -0.1) is 0 Å². The molecule has 1 aliphatic heterocycles. The zero-order valence-corrected chi connectivity index (χ0v) is 13.2. The number of ether oxygens (including phenoxy) is 1. The monoisotopic (exact) mass is 273 g/mol. The van der Waals surface area contributed by atoms with Crippen LogP contribution in [0.5, 0.6) is 0 Å². The van der Waals surface area contributed by atoms with Crippen molar-refractivity contribution < 1.29 is 4.74 Å². The molecule has 0 radical (unpaired) electrons. The second kappa shape index (κ2) is 10.1. The van der Waals surface area contributed by atoms with Gasteiger partial charge in [-0.1, -0.05) is 20.8 Å². The largest absolute Gasteiger partial charge is 0.381 e. The molecule has 18 heavy (non-hydrogen) atoms. The SMILES string of the molecule is CCCNC(CSCC(C)C)CC1CCOCC1. The molecule has 0 saturated carbocycles. The average Bonchev–Trinajstić information content (AvgIpc) is 2.36. The van der Waals surface area contributed by atoms with Gasteiger partial charge in [0.05, 0.1) is 0 Å². The van der Waals surface area contributed by atoms with E-state index in [0.29, 0.717) is 6.04 Å². The van der Waals surface area contributed by atoms with E-state index in [2.05, 4.69) is 37.8 Å². The Balaban J connectivity index is 2.24. The molecule has 0 spiro atoms. The Labute approximate surface area is 118 Å². The number of hydrogen-bond acceptors (Lipinski definition) is 3. The molecule has 0 aromatic rings. The van der Waals surface area contributed by atoms with Crippen LogP contribution in [-0.2, 0) is 4.74 Å². The lowest BCUT2D eigenvalue weighted by molar-refractivity contribution is 0.0613. The molecule has 108 valence electrons. The maximum absolute atomic E-state index is 5.45. The molecular formula is C15H31NOS. The van der Waals surface area contributed by atoms with Crippen molar-refractivity contribution in [2.75, 3.05) is 31.3 Å². The molecule has 1 aliphatic rings. The lowest BCUT2D eigenvalue weighted by atomic mass is 9.93. The first-order chi connectivity index (χ1) is 8.72. The summed E-state index contributed by atoms with van der Waals surface area (Å²) in [7, 11) is 0. The Hall–Kier alpha value is 0.270. The molecule has 3 heteroatoms. The second-order valence-corrected chi connectivity index (χ2v) is 6.95. The highest BCUT2D eigenvalue weighted by atomic mass is 32.2. The number of rotatable bonds is 9. The van der Waals surface area contributed by atoms with Crippen LogP contribution in [0.25, 0.3) is 0 Å². The molecule has 1 saturated heterocycles. The summed E-state index contributed by atoms with van der Waals surface area (Å²) in [6.45, 7) is 9.98. The van der Waals surface area contributed by atoms with Crippen molar-refractivity contribution in [1.82, 2.24) is 5.32 Å². The molecule has 1 heterocycles. The van der Waals surface area contributed by atoms with Crippen LogP contribution < -0.4 is 5.32 Å². The lowest BCUT2D eigenvalue weighted by Gasteiger charge is -2.27. The van der Waals surface area contributed by atoms with Crippen molar-refractivity contribution in [2.24, 2.45) is 11.8 Å². The summed E-state index contributed by atoms with van der Waals surface area (Å²) in [5.74, 6) is 4.26. The second-order valence-electron chi connectivity index (χ2n) is 5.87. The first-order valence-corrected chi connectivity index (χ1v) is 8.76. The van der Waals surface area contributed by atoms with E-state index in [9.17, 15) is 0 Å². The molecule has 1 N–H and O–H groups in total. The van der Waals surface area contributed by atoms with Gasteiger partial charge in [0.15, 0.2) is 0 Å². The van der Waals surface area contributed by atoms with E-state index in [0.717, 1.165) is 31.6 Å². The van der Waals surface area contributed by atoms with Gasteiger partial charge in [0, 0.05) is 25.0 Å². The van der Waals surface area contributed by atoms with Gasteiger partial charge in [0.25, 0.3) is 0 Å². The van der Waals surface area contributed by atoms with Crippen molar-refractivity contribution >= 4 is 11.8 Å². The summed E-state index contributed by atoms with van der Waals surface area (Å²) in [5, 5.41) is 3.73. The van der Waals surface area contributed by atoms with E-state index in [-0.39, 0.29) is 0 Å². The minimum Gasteiger partial charge on any atom is -0.381 e. The molecule has 0 aromatic heterocycles. The Morgan fingerprint density at radius 1 is 1.22 bits per heavy atom. The molecule has 1 atom stereocenters. The van der Waals surface area contributed by atoms with Crippen LogP contribution >= 0.6 is 11.8 Å². The van der Waals surface area contributed by atoms with E-state index in [4.69, 9.17) is 4.74 Å². The molecular weight excluding hydrogens is 242 g/mol. The average molecular weight is 273 g/mol. The molecule has 0 aromatic carbocycles. The summed E-state index contributed by atoms with van der Waals surface area (Å²) < 4.78 is 5.45. The summed E-state index contributed by atoms with van der Waals surface area (Å²) in [6, 6.07) is 0.705. The Morgan fingerprint density at radius 2 is 1.94 bits per heavy atom. The van der Waals surface area contributed by atoms with E-state index < -0.39 is 0 Å². The minimum atomic E-state index is 0.705. The lowest BCUT2D eigenvalue weighted by Crippen LogP contribution is -2.35. The zero-order valence-electron chi connectivity index (χ0n) is 12.4. The van der Waals surface area contributed by atoms with Gasteiger partial charge in [-0.2, -0.15) is 11.8 Å². The predicted octanol–water partition coefficient (Wildman–Crippen LogP) is 3.56. The third-order valence-corrected chi connectivity index (χ3v) is 4.95.